The maximum atomic E-state index is 12.9. The average Bonchev–Trinajstić information content (AvgIpc) is 2.70. The van der Waals surface area contributed by atoms with E-state index in [1.54, 1.807) is 31.2 Å². The summed E-state index contributed by atoms with van der Waals surface area (Å²) in [4.78, 5) is 12.3. The topological polar surface area (TPSA) is 73.3 Å². The minimum Gasteiger partial charge on any atom is -0.481 e. The molecule has 1 unspecified atom stereocenters. The second-order valence-corrected chi connectivity index (χ2v) is 5.74. The van der Waals surface area contributed by atoms with Gasteiger partial charge in [-0.25, -0.2) is 4.39 Å². The number of carbonyl (C=O) groups excluding carboxylic acids is 1. The highest BCUT2D eigenvalue weighted by Crippen LogP contribution is 2.20. The van der Waals surface area contributed by atoms with Crippen molar-refractivity contribution in [3.8, 4) is 22.9 Å². The Morgan fingerprint density at radius 1 is 1.00 bits per heavy atom. The fraction of sp³-hybridized carbons (Fsp3) is 0.150. The van der Waals surface area contributed by atoms with Gasteiger partial charge < -0.3 is 14.8 Å². The minimum atomic E-state index is -0.734. The van der Waals surface area contributed by atoms with Crippen molar-refractivity contribution < 1.29 is 18.7 Å². The predicted octanol–water partition coefficient (Wildman–Crippen LogP) is 3.70. The van der Waals surface area contributed by atoms with Gasteiger partial charge in [0.1, 0.15) is 11.6 Å². The number of carbonyl (C=O) groups is 1. The highest BCUT2D eigenvalue weighted by molar-refractivity contribution is 5.94. The molecule has 27 heavy (non-hydrogen) atoms. The summed E-state index contributed by atoms with van der Waals surface area (Å²) in [7, 11) is 1.53. The first kappa shape index (κ1) is 18.3. The average molecular weight is 367 g/mol. The summed E-state index contributed by atoms with van der Waals surface area (Å²) in [6.45, 7) is 1.63. The van der Waals surface area contributed by atoms with Gasteiger partial charge in [-0.05, 0) is 49.4 Å². The monoisotopic (exact) mass is 367 g/mol. The second-order valence-electron chi connectivity index (χ2n) is 5.74. The Kier molecular flexibility index (Phi) is 5.61. The number of nitrogens with zero attached hydrogens (tertiary/aromatic N) is 2. The van der Waals surface area contributed by atoms with Crippen LogP contribution < -0.4 is 14.8 Å². The van der Waals surface area contributed by atoms with E-state index in [-0.39, 0.29) is 11.7 Å². The lowest BCUT2D eigenvalue weighted by atomic mass is 10.1. The zero-order valence-electron chi connectivity index (χ0n) is 14.8. The molecule has 1 atom stereocenters. The molecule has 2 aromatic carbocycles. The van der Waals surface area contributed by atoms with Gasteiger partial charge in [0.05, 0.1) is 12.8 Å². The van der Waals surface area contributed by atoms with Gasteiger partial charge in [0.15, 0.2) is 6.10 Å². The number of anilines is 1. The fourth-order valence-electron chi connectivity index (χ4n) is 2.32. The normalized spacial score (nSPS) is 11.5. The molecule has 0 aliphatic rings. The van der Waals surface area contributed by atoms with E-state index in [4.69, 9.17) is 9.47 Å². The van der Waals surface area contributed by atoms with E-state index in [2.05, 4.69) is 15.5 Å². The van der Waals surface area contributed by atoms with Crippen molar-refractivity contribution in [2.75, 3.05) is 12.4 Å². The number of halogens is 1. The first-order valence-electron chi connectivity index (χ1n) is 8.26. The van der Waals surface area contributed by atoms with E-state index in [0.29, 0.717) is 23.0 Å². The van der Waals surface area contributed by atoms with Crippen LogP contribution in [0.2, 0.25) is 0 Å². The molecule has 3 aromatic rings. The van der Waals surface area contributed by atoms with Gasteiger partial charge >= 0.3 is 0 Å². The molecule has 1 aromatic heterocycles. The Bertz CT molecular complexity index is 897. The van der Waals surface area contributed by atoms with Crippen LogP contribution in [0.5, 0.6) is 11.6 Å². The van der Waals surface area contributed by atoms with Crippen LogP contribution in [-0.2, 0) is 4.79 Å². The summed E-state index contributed by atoms with van der Waals surface area (Å²) in [5.74, 6) is 0.197. The third kappa shape index (κ3) is 4.78. The van der Waals surface area contributed by atoms with Gasteiger partial charge in [-0.1, -0.05) is 12.1 Å². The van der Waals surface area contributed by atoms with Crippen molar-refractivity contribution in [1.29, 1.82) is 0 Å². The van der Waals surface area contributed by atoms with Gasteiger partial charge in [0.25, 0.3) is 5.91 Å². The van der Waals surface area contributed by atoms with Gasteiger partial charge in [0, 0.05) is 17.3 Å². The Labute approximate surface area is 156 Å². The van der Waals surface area contributed by atoms with Crippen LogP contribution >= 0.6 is 0 Å². The summed E-state index contributed by atoms with van der Waals surface area (Å²) in [6.07, 6.45) is -0.734. The second kappa shape index (κ2) is 8.27. The number of ether oxygens (including phenoxy) is 2. The van der Waals surface area contributed by atoms with E-state index in [9.17, 15) is 9.18 Å². The van der Waals surface area contributed by atoms with Crippen molar-refractivity contribution in [2.24, 2.45) is 0 Å². The van der Waals surface area contributed by atoms with Crippen LogP contribution in [0.4, 0.5) is 10.1 Å². The van der Waals surface area contributed by atoms with Crippen LogP contribution in [0, 0.1) is 5.82 Å². The van der Waals surface area contributed by atoms with Crippen molar-refractivity contribution in [3.05, 3.63) is 66.5 Å². The maximum absolute atomic E-state index is 12.9. The van der Waals surface area contributed by atoms with Crippen LogP contribution in [0.3, 0.4) is 0 Å². The Morgan fingerprint density at radius 3 is 2.30 bits per heavy atom. The molecule has 0 saturated heterocycles. The molecule has 0 saturated carbocycles. The van der Waals surface area contributed by atoms with Crippen molar-refractivity contribution >= 4 is 11.6 Å². The molecule has 0 aliphatic heterocycles. The summed E-state index contributed by atoms with van der Waals surface area (Å²) in [5.41, 5.74) is 2.18. The zero-order chi connectivity index (χ0) is 19.2. The Morgan fingerprint density at radius 2 is 1.70 bits per heavy atom. The highest BCUT2D eigenvalue weighted by atomic mass is 19.1. The number of methoxy groups -OCH3 is 1. The molecule has 1 heterocycles. The van der Waals surface area contributed by atoms with E-state index < -0.39 is 6.10 Å². The molecular weight excluding hydrogens is 349 g/mol. The third-order valence-electron chi connectivity index (χ3n) is 3.79. The lowest BCUT2D eigenvalue weighted by molar-refractivity contribution is -0.122. The van der Waals surface area contributed by atoms with Crippen LogP contribution in [0.25, 0.3) is 11.3 Å². The third-order valence-corrected chi connectivity index (χ3v) is 3.79. The Hall–Kier alpha value is -3.48. The fourth-order valence-corrected chi connectivity index (χ4v) is 2.32. The van der Waals surface area contributed by atoms with Crippen LogP contribution in [0.15, 0.2) is 60.7 Å². The van der Waals surface area contributed by atoms with Crippen molar-refractivity contribution in [2.45, 2.75) is 13.0 Å². The molecule has 1 N–H and O–H groups in total. The van der Waals surface area contributed by atoms with Crippen molar-refractivity contribution in [1.82, 2.24) is 10.2 Å². The minimum absolute atomic E-state index is 0.309. The molecule has 138 valence electrons. The van der Waals surface area contributed by atoms with Gasteiger partial charge in [-0.3, -0.25) is 4.79 Å². The molecule has 3 rings (SSSR count). The lowest BCUT2D eigenvalue weighted by Crippen LogP contribution is -2.30. The first-order chi connectivity index (χ1) is 13.0. The summed E-state index contributed by atoms with van der Waals surface area (Å²) >= 11 is 0. The molecule has 0 aliphatic carbocycles. The van der Waals surface area contributed by atoms with Crippen LogP contribution in [0.1, 0.15) is 6.92 Å². The van der Waals surface area contributed by atoms with Gasteiger partial charge in [0.2, 0.25) is 5.88 Å². The van der Waals surface area contributed by atoms with E-state index in [1.807, 2.05) is 12.1 Å². The lowest BCUT2D eigenvalue weighted by Gasteiger charge is -2.15. The molecule has 6 nitrogen and oxygen atoms in total. The van der Waals surface area contributed by atoms with E-state index in [1.165, 1.54) is 31.4 Å². The molecular formula is C20H18FN3O3. The van der Waals surface area contributed by atoms with Crippen molar-refractivity contribution in [3.63, 3.8) is 0 Å². The molecule has 0 fully saturated rings. The summed E-state index contributed by atoms with van der Waals surface area (Å²) < 4.78 is 23.4. The van der Waals surface area contributed by atoms with Crippen LogP contribution in [-0.4, -0.2) is 29.3 Å². The van der Waals surface area contributed by atoms with Gasteiger partial charge in [-0.15, -0.1) is 10.2 Å². The van der Waals surface area contributed by atoms with E-state index >= 15 is 0 Å². The quantitative estimate of drug-likeness (QED) is 0.719. The number of hydrogen-bond donors (Lipinski definition) is 1. The number of hydrogen-bond acceptors (Lipinski definition) is 5. The molecule has 0 bridgehead atoms. The molecule has 1 amide bonds. The number of nitrogens with one attached hydrogen (secondary N) is 1. The first-order valence-corrected chi connectivity index (χ1v) is 8.26. The smallest absolute Gasteiger partial charge is 0.265 e. The standard InChI is InChI=1S/C20H18FN3O3/c1-13(27-17-9-5-15(21)6-10-17)20(25)22-16-7-3-14(4-8-16)18-11-12-19(26-2)24-23-18/h3-13H,1-2H3,(H,22,25). The van der Waals surface area contributed by atoms with Gasteiger partial charge in [-0.2, -0.15) is 0 Å². The highest BCUT2D eigenvalue weighted by Gasteiger charge is 2.15. The zero-order valence-corrected chi connectivity index (χ0v) is 14.8. The summed E-state index contributed by atoms with van der Waals surface area (Å²) in [5, 5.41) is 10.8. The SMILES string of the molecule is COc1ccc(-c2ccc(NC(=O)C(C)Oc3ccc(F)cc3)cc2)nn1. The number of benzene rings is 2. The Balaban J connectivity index is 1.61. The number of aromatic nitrogens is 2. The van der Waals surface area contributed by atoms with E-state index in [0.717, 1.165) is 5.56 Å². The maximum Gasteiger partial charge on any atom is 0.265 e. The number of amides is 1. The largest absolute Gasteiger partial charge is 0.481 e. The molecule has 7 heteroatoms. The molecule has 0 radical (unpaired) electrons. The number of rotatable bonds is 6. The molecule has 0 spiro atoms. The summed E-state index contributed by atoms with van der Waals surface area (Å²) in [6, 6.07) is 16.2. The predicted molar refractivity (Wildman–Crippen MR) is 99.1 cm³/mol.